The van der Waals surface area contributed by atoms with Crippen LogP contribution in [0.1, 0.15) is 70.3 Å². The van der Waals surface area contributed by atoms with Crippen LogP contribution in [0.25, 0.3) is 0 Å². The zero-order chi connectivity index (χ0) is 18.6. The van der Waals surface area contributed by atoms with Crippen molar-refractivity contribution in [3.63, 3.8) is 0 Å². The molecule has 2 aliphatic carbocycles. The van der Waals surface area contributed by atoms with Gasteiger partial charge in [0.05, 0.1) is 4.32 Å². The molecule has 0 aliphatic heterocycles. The van der Waals surface area contributed by atoms with Crippen molar-refractivity contribution in [3.8, 4) is 0 Å². The van der Waals surface area contributed by atoms with Crippen molar-refractivity contribution in [3.05, 3.63) is 59.2 Å². The summed E-state index contributed by atoms with van der Waals surface area (Å²) in [5.74, 6) is 0.141. The van der Waals surface area contributed by atoms with Crippen LogP contribution in [0.15, 0.2) is 53.6 Å². The maximum absolute atomic E-state index is 15.0. The van der Waals surface area contributed by atoms with Crippen LogP contribution < -0.4 is 0 Å². The normalized spacial score (nSPS) is 29.6. The van der Waals surface area contributed by atoms with Gasteiger partial charge in [0.15, 0.2) is 0 Å². The second-order valence-electron chi connectivity index (χ2n) is 7.93. The van der Waals surface area contributed by atoms with E-state index in [4.69, 9.17) is 0 Å². The Hall–Kier alpha value is -0.960. The van der Waals surface area contributed by atoms with Crippen LogP contribution in [0, 0.1) is 11.8 Å². The molecule has 0 bridgehead atoms. The summed E-state index contributed by atoms with van der Waals surface area (Å²) in [5, 5.41) is 0. The molecular formula is C23H29BrF2. The van der Waals surface area contributed by atoms with Gasteiger partial charge in [-0.25, -0.2) is 8.78 Å². The largest absolute Gasteiger partial charge is 0.211 e. The van der Waals surface area contributed by atoms with Crippen LogP contribution in [0.5, 0.6) is 0 Å². The number of unbranched alkanes of at least 4 members (excludes halogenated alkanes) is 2. The highest BCUT2D eigenvalue weighted by Crippen LogP contribution is 2.49. The molecule has 3 heteroatoms. The predicted octanol–water partition coefficient (Wildman–Crippen LogP) is 8.14. The second-order valence-corrected chi connectivity index (χ2v) is 9.34. The first kappa shape index (κ1) is 19.8. The smallest absolute Gasteiger partial charge is 0.127 e. The first-order chi connectivity index (χ1) is 12.5. The molecule has 142 valence electrons. The van der Waals surface area contributed by atoms with E-state index >= 15 is 0 Å². The molecular weight excluding hydrogens is 394 g/mol. The maximum atomic E-state index is 15.0. The lowest BCUT2D eigenvalue weighted by molar-refractivity contribution is 0.274. The van der Waals surface area contributed by atoms with Crippen molar-refractivity contribution in [1.29, 1.82) is 0 Å². The van der Waals surface area contributed by atoms with E-state index < -0.39 is 4.32 Å². The van der Waals surface area contributed by atoms with Gasteiger partial charge in [0, 0.05) is 12.0 Å². The fourth-order valence-corrected chi connectivity index (χ4v) is 5.23. The average molecular weight is 423 g/mol. The number of alkyl halides is 1. The molecule has 1 fully saturated rings. The van der Waals surface area contributed by atoms with Gasteiger partial charge in [0.25, 0.3) is 0 Å². The minimum atomic E-state index is -0.775. The fourth-order valence-electron chi connectivity index (χ4n) is 4.52. The first-order valence-electron chi connectivity index (χ1n) is 10.0. The summed E-state index contributed by atoms with van der Waals surface area (Å²) in [6.07, 6.45) is 10.9. The van der Waals surface area contributed by atoms with Crippen molar-refractivity contribution in [2.45, 2.75) is 69.0 Å². The number of hydrogen-bond acceptors (Lipinski definition) is 0. The van der Waals surface area contributed by atoms with Crippen molar-refractivity contribution in [1.82, 2.24) is 0 Å². The van der Waals surface area contributed by atoms with Gasteiger partial charge in [-0.05, 0) is 49.2 Å². The molecule has 0 N–H and O–H groups in total. The standard InChI is InChI=1S/C23H29BrF2/c1-2-3-5-8-17-11-13-18(14-12-17)22-20(25)15-23(24,16-21(22)26)19-9-6-4-7-10-19/h4,6-7,9-10,15,17-18H,2-3,5,8,11-14,16H2,1H3/t17-,18-,23?. The average Bonchev–Trinajstić information content (AvgIpc) is 2.63. The van der Waals surface area contributed by atoms with E-state index in [1.165, 1.54) is 25.7 Å². The third-order valence-electron chi connectivity index (χ3n) is 6.04. The van der Waals surface area contributed by atoms with Gasteiger partial charge in [-0.2, -0.15) is 0 Å². The number of benzene rings is 1. The minimum Gasteiger partial charge on any atom is -0.211 e. The zero-order valence-corrected chi connectivity index (χ0v) is 17.2. The highest BCUT2D eigenvalue weighted by molar-refractivity contribution is 9.09. The van der Waals surface area contributed by atoms with Crippen LogP contribution in [-0.4, -0.2) is 0 Å². The molecule has 1 unspecified atom stereocenters. The third-order valence-corrected chi connectivity index (χ3v) is 7.01. The van der Waals surface area contributed by atoms with Crippen LogP contribution in [-0.2, 0) is 4.32 Å². The third kappa shape index (κ3) is 4.47. The Morgan fingerprint density at radius 3 is 2.35 bits per heavy atom. The lowest BCUT2D eigenvalue weighted by atomic mass is 9.74. The van der Waals surface area contributed by atoms with Crippen molar-refractivity contribution in [2.24, 2.45) is 11.8 Å². The summed E-state index contributed by atoms with van der Waals surface area (Å²) in [5.41, 5.74) is 1.24. The summed E-state index contributed by atoms with van der Waals surface area (Å²) >= 11 is 3.59. The van der Waals surface area contributed by atoms with Crippen LogP contribution in [0.2, 0.25) is 0 Å². The van der Waals surface area contributed by atoms with E-state index in [0.29, 0.717) is 5.57 Å². The second kappa shape index (κ2) is 8.82. The molecule has 26 heavy (non-hydrogen) atoms. The summed E-state index contributed by atoms with van der Waals surface area (Å²) in [7, 11) is 0. The molecule has 0 heterocycles. The molecule has 0 aromatic heterocycles. The van der Waals surface area contributed by atoms with E-state index in [0.717, 1.165) is 37.2 Å². The number of allylic oxidation sites excluding steroid dienone is 4. The van der Waals surface area contributed by atoms with Crippen molar-refractivity contribution in [2.75, 3.05) is 0 Å². The van der Waals surface area contributed by atoms with Gasteiger partial charge in [0.1, 0.15) is 11.7 Å². The Balaban J connectivity index is 1.67. The van der Waals surface area contributed by atoms with E-state index in [1.807, 2.05) is 30.3 Å². The Labute approximate surface area is 164 Å². The van der Waals surface area contributed by atoms with Gasteiger partial charge in [0.2, 0.25) is 0 Å². The van der Waals surface area contributed by atoms with E-state index in [1.54, 1.807) is 6.08 Å². The highest BCUT2D eigenvalue weighted by Gasteiger charge is 2.38. The van der Waals surface area contributed by atoms with Gasteiger partial charge >= 0.3 is 0 Å². The van der Waals surface area contributed by atoms with E-state index in [2.05, 4.69) is 22.9 Å². The van der Waals surface area contributed by atoms with Gasteiger partial charge in [-0.3, -0.25) is 0 Å². The molecule has 1 aromatic rings. The number of rotatable bonds is 6. The van der Waals surface area contributed by atoms with Gasteiger partial charge in [-0.15, -0.1) is 0 Å². The molecule has 0 nitrogen and oxygen atoms in total. The molecule has 1 aromatic carbocycles. The lowest BCUT2D eigenvalue weighted by Crippen LogP contribution is -2.24. The molecule has 0 radical (unpaired) electrons. The molecule has 0 saturated heterocycles. The van der Waals surface area contributed by atoms with Crippen LogP contribution in [0.4, 0.5) is 8.78 Å². The summed E-state index contributed by atoms with van der Waals surface area (Å²) < 4.78 is 29.1. The molecule has 0 spiro atoms. The molecule has 0 amide bonds. The highest BCUT2D eigenvalue weighted by atomic mass is 79.9. The van der Waals surface area contributed by atoms with Crippen LogP contribution >= 0.6 is 15.9 Å². The van der Waals surface area contributed by atoms with Gasteiger partial charge in [-0.1, -0.05) is 78.9 Å². The molecule has 1 atom stereocenters. The summed E-state index contributed by atoms with van der Waals surface area (Å²) in [6.45, 7) is 2.23. The molecule has 2 aliphatic rings. The topological polar surface area (TPSA) is 0 Å². The number of halogens is 3. The molecule has 3 rings (SSSR count). The van der Waals surface area contributed by atoms with Gasteiger partial charge < -0.3 is 0 Å². The summed E-state index contributed by atoms with van der Waals surface area (Å²) in [4.78, 5) is 0. The van der Waals surface area contributed by atoms with E-state index in [9.17, 15) is 8.78 Å². The Morgan fingerprint density at radius 2 is 1.73 bits per heavy atom. The predicted molar refractivity (Wildman–Crippen MR) is 109 cm³/mol. The summed E-state index contributed by atoms with van der Waals surface area (Å²) in [6, 6.07) is 9.55. The zero-order valence-electron chi connectivity index (χ0n) is 15.6. The lowest BCUT2D eigenvalue weighted by Gasteiger charge is -2.34. The Bertz CT molecular complexity index is 656. The van der Waals surface area contributed by atoms with Crippen molar-refractivity contribution < 1.29 is 8.78 Å². The fraction of sp³-hybridized carbons (Fsp3) is 0.565. The first-order valence-corrected chi connectivity index (χ1v) is 10.8. The minimum absolute atomic E-state index is 0.0431. The SMILES string of the molecule is CCCCC[C@H]1CC[C@H](C2=C(F)CC(Br)(c3ccccc3)C=C2F)CC1. The van der Waals surface area contributed by atoms with Crippen LogP contribution in [0.3, 0.4) is 0 Å². The van der Waals surface area contributed by atoms with E-state index in [-0.39, 0.29) is 24.0 Å². The molecule has 1 saturated carbocycles. The monoisotopic (exact) mass is 422 g/mol. The maximum Gasteiger partial charge on any atom is 0.127 e. The Kier molecular flexibility index (Phi) is 6.71. The quantitative estimate of drug-likeness (QED) is 0.320. The Morgan fingerprint density at radius 1 is 1.04 bits per heavy atom. The van der Waals surface area contributed by atoms with Crippen molar-refractivity contribution >= 4 is 15.9 Å². The number of hydrogen-bond donors (Lipinski definition) is 0.